The predicted molar refractivity (Wildman–Crippen MR) is 98.1 cm³/mol. The van der Waals surface area contributed by atoms with E-state index in [-0.39, 0.29) is 18.3 Å². The van der Waals surface area contributed by atoms with Crippen LogP contribution in [0.25, 0.3) is 0 Å². The molecule has 0 atom stereocenters. The highest BCUT2D eigenvalue weighted by molar-refractivity contribution is 5.91. The number of aromatic nitrogens is 2. The zero-order valence-corrected chi connectivity index (χ0v) is 15.5. The van der Waals surface area contributed by atoms with Crippen LogP contribution < -0.4 is 10.1 Å². The van der Waals surface area contributed by atoms with Crippen LogP contribution in [0.4, 0.5) is 0 Å². The van der Waals surface area contributed by atoms with Crippen molar-refractivity contribution in [2.24, 2.45) is 7.05 Å². The molecule has 3 aromatic rings. The van der Waals surface area contributed by atoms with Gasteiger partial charge in [-0.05, 0) is 56.2 Å². The van der Waals surface area contributed by atoms with E-state index >= 15 is 0 Å². The molecule has 1 amide bonds. The Morgan fingerprint density at radius 3 is 2.69 bits per heavy atom. The van der Waals surface area contributed by atoms with E-state index in [1.807, 2.05) is 45.3 Å². The predicted octanol–water partition coefficient (Wildman–Crippen LogP) is 3.45. The molecule has 0 aliphatic carbocycles. The van der Waals surface area contributed by atoms with E-state index in [4.69, 9.17) is 9.15 Å². The lowest BCUT2D eigenvalue weighted by Gasteiger charge is -2.07. The first-order chi connectivity index (χ1) is 12.4. The Balaban J connectivity index is 1.55. The first kappa shape index (κ1) is 17.8. The van der Waals surface area contributed by atoms with Gasteiger partial charge in [0.15, 0.2) is 5.76 Å². The van der Waals surface area contributed by atoms with Crippen LogP contribution in [0.2, 0.25) is 0 Å². The van der Waals surface area contributed by atoms with E-state index in [1.165, 1.54) is 11.1 Å². The smallest absolute Gasteiger partial charge is 0.287 e. The highest BCUT2D eigenvalue weighted by Gasteiger charge is 2.13. The third-order valence-corrected chi connectivity index (χ3v) is 4.30. The van der Waals surface area contributed by atoms with Crippen molar-refractivity contribution < 1.29 is 13.9 Å². The third kappa shape index (κ3) is 4.14. The molecule has 0 bridgehead atoms. The average Bonchev–Trinajstić information content (AvgIpc) is 3.20. The molecule has 0 saturated heterocycles. The molecular weight excluding hydrogens is 330 g/mol. The zero-order valence-electron chi connectivity index (χ0n) is 15.5. The number of rotatable bonds is 6. The minimum atomic E-state index is -0.259. The Hall–Kier alpha value is -3.02. The van der Waals surface area contributed by atoms with Crippen molar-refractivity contribution in [3.63, 3.8) is 0 Å². The molecule has 26 heavy (non-hydrogen) atoms. The number of ether oxygens (including phenoxy) is 1. The van der Waals surface area contributed by atoms with Crippen molar-refractivity contribution in [3.05, 3.63) is 70.4 Å². The van der Waals surface area contributed by atoms with Gasteiger partial charge in [-0.1, -0.05) is 6.07 Å². The number of furan rings is 1. The lowest BCUT2D eigenvalue weighted by Crippen LogP contribution is -2.22. The quantitative estimate of drug-likeness (QED) is 0.737. The molecule has 2 aromatic heterocycles. The summed E-state index contributed by atoms with van der Waals surface area (Å²) in [4.78, 5) is 12.2. The van der Waals surface area contributed by atoms with Crippen LogP contribution in [-0.4, -0.2) is 15.7 Å². The number of nitrogens with one attached hydrogen (secondary N) is 1. The Bertz CT molecular complexity index is 924. The Morgan fingerprint density at radius 2 is 2.00 bits per heavy atom. The van der Waals surface area contributed by atoms with Crippen molar-refractivity contribution in [3.8, 4) is 5.75 Å². The number of hydrogen-bond acceptors (Lipinski definition) is 4. The number of aryl methyl sites for hydroxylation is 4. The van der Waals surface area contributed by atoms with E-state index in [9.17, 15) is 4.79 Å². The molecule has 0 aliphatic heterocycles. The van der Waals surface area contributed by atoms with Gasteiger partial charge in [0.2, 0.25) is 0 Å². The van der Waals surface area contributed by atoms with E-state index in [0.29, 0.717) is 12.3 Å². The molecule has 136 valence electrons. The van der Waals surface area contributed by atoms with Gasteiger partial charge < -0.3 is 14.5 Å². The van der Waals surface area contributed by atoms with Crippen LogP contribution in [0.3, 0.4) is 0 Å². The fraction of sp³-hybridized carbons (Fsp3) is 0.300. The Labute approximate surface area is 152 Å². The molecule has 0 radical (unpaired) electrons. The maximum Gasteiger partial charge on any atom is 0.287 e. The lowest BCUT2D eigenvalue weighted by atomic mass is 10.1. The SMILES string of the molecule is Cc1ccc(OCc2ccc(C(=O)NCc3cn(C)nc3C)o2)cc1C. The summed E-state index contributed by atoms with van der Waals surface area (Å²) in [5.41, 5.74) is 4.27. The molecule has 6 heteroatoms. The van der Waals surface area contributed by atoms with Crippen LogP contribution in [0.15, 0.2) is 40.9 Å². The van der Waals surface area contributed by atoms with Crippen LogP contribution >= 0.6 is 0 Å². The standard InChI is InChI=1S/C20H23N3O3/c1-13-5-6-17(9-14(13)2)25-12-18-7-8-19(26-18)20(24)21-10-16-11-23(4)22-15(16)3/h5-9,11H,10,12H2,1-4H3,(H,21,24). The highest BCUT2D eigenvalue weighted by atomic mass is 16.5. The van der Waals surface area contributed by atoms with Gasteiger partial charge in [-0.2, -0.15) is 5.10 Å². The largest absolute Gasteiger partial charge is 0.486 e. The highest BCUT2D eigenvalue weighted by Crippen LogP contribution is 2.18. The second-order valence-electron chi connectivity index (χ2n) is 6.40. The normalized spacial score (nSPS) is 10.8. The van der Waals surface area contributed by atoms with Crippen LogP contribution in [0.5, 0.6) is 5.75 Å². The maximum absolute atomic E-state index is 12.2. The van der Waals surface area contributed by atoms with Crippen LogP contribution in [-0.2, 0) is 20.2 Å². The first-order valence-electron chi connectivity index (χ1n) is 8.48. The number of hydrogen-bond donors (Lipinski definition) is 1. The van der Waals surface area contributed by atoms with Crippen molar-refractivity contribution in [1.82, 2.24) is 15.1 Å². The van der Waals surface area contributed by atoms with Gasteiger partial charge >= 0.3 is 0 Å². The topological polar surface area (TPSA) is 69.3 Å². The number of nitrogens with zero attached hydrogens (tertiary/aromatic N) is 2. The lowest BCUT2D eigenvalue weighted by molar-refractivity contribution is 0.0919. The molecule has 0 saturated carbocycles. The van der Waals surface area contributed by atoms with Crippen molar-refractivity contribution in [1.29, 1.82) is 0 Å². The molecule has 0 aliphatic rings. The molecule has 1 N–H and O–H groups in total. The second-order valence-corrected chi connectivity index (χ2v) is 6.40. The monoisotopic (exact) mass is 353 g/mol. The molecular formula is C20H23N3O3. The minimum absolute atomic E-state index is 0.259. The van der Waals surface area contributed by atoms with E-state index in [1.54, 1.807) is 16.8 Å². The number of carbonyl (C=O) groups is 1. The van der Waals surface area contributed by atoms with Crippen molar-refractivity contribution >= 4 is 5.91 Å². The van der Waals surface area contributed by atoms with E-state index in [0.717, 1.165) is 17.0 Å². The van der Waals surface area contributed by atoms with Gasteiger partial charge in [0, 0.05) is 25.4 Å². The summed E-state index contributed by atoms with van der Waals surface area (Å²) in [6, 6.07) is 9.35. The fourth-order valence-corrected chi connectivity index (χ4v) is 2.62. The fourth-order valence-electron chi connectivity index (χ4n) is 2.62. The average molecular weight is 353 g/mol. The molecule has 6 nitrogen and oxygen atoms in total. The van der Waals surface area contributed by atoms with E-state index < -0.39 is 0 Å². The van der Waals surface area contributed by atoms with Crippen molar-refractivity contribution in [2.75, 3.05) is 0 Å². The van der Waals surface area contributed by atoms with Gasteiger partial charge in [-0.25, -0.2) is 0 Å². The van der Waals surface area contributed by atoms with Gasteiger partial charge in [0.25, 0.3) is 5.91 Å². The summed E-state index contributed by atoms with van der Waals surface area (Å²) in [5, 5.41) is 7.10. The molecule has 0 unspecified atom stereocenters. The van der Waals surface area contributed by atoms with Gasteiger partial charge in [0.1, 0.15) is 18.1 Å². The summed E-state index contributed by atoms with van der Waals surface area (Å²) in [6.07, 6.45) is 1.89. The number of benzene rings is 1. The Morgan fingerprint density at radius 1 is 1.19 bits per heavy atom. The Kier molecular flexibility index (Phi) is 5.11. The molecule has 0 fully saturated rings. The minimum Gasteiger partial charge on any atom is -0.486 e. The summed E-state index contributed by atoms with van der Waals surface area (Å²) in [5.74, 6) is 1.39. The van der Waals surface area contributed by atoms with Gasteiger partial charge in [-0.3, -0.25) is 9.48 Å². The zero-order chi connectivity index (χ0) is 18.7. The maximum atomic E-state index is 12.2. The summed E-state index contributed by atoms with van der Waals surface area (Å²) in [7, 11) is 1.85. The summed E-state index contributed by atoms with van der Waals surface area (Å²) in [6.45, 7) is 6.70. The van der Waals surface area contributed by atoms with E-state index in [2.05, 4.69) is 17.3 Å². The molecule has 2 heterocycles. The molecule has 0 spiro atoms. The third-order valence-electron chi connectivity index (χ3n) is 4.30. The summed E-state index contributed by atoms with van der Waals surface area (Å²) >= 11 is 0. The van der Waals surface area contributed by atoms with Crippen LogP contribution in [0, 0.1) is 20.8 Å². The number of amides is 1. The second kappa shape index (κ2) is 7.47. The van der Waals surface area contributed by atoms with Crippen molar-refractivity contribution in [2.45, 2.75) is 33.9 Å². The first-order valence-corrected chi connectivity index (χ1v) is 8.48. The van der Waals surface area contributed by atoms with Crippen LogP contribution in [0.1, 0.15) is 38.7 Å². The van der Waals surface area contributed by atoms with Gasteiger partial charge in [0.05, 0.1) is 5.69 Å². The summed E-state index contributed by atoms with van der Waals surface area (Å²) < 4.78 is 13.0. The molecule has 1 aromatic carbocycles. The number of carbonyl (C=O) groups excluding carboxylic acids is 1. The molecule has 3 rings (SSSR count). The van der Waals surface area contributed by atoms with Gasteiger partial charge in [-0.15, -0.1) is 0 Å².